The lowest BCUT2D eigenvalue weighted by Crippen LogP contribution is -2.29. The van der Waals surface area contributed by atoms with E-state index >= 15 is 0 Å². The first-order valence-electron chi connectivity index (χ1n) is 6.42. The van der Waals surface area contributed by atoms with Crippen molar-refractivity contribution < 1.29 is 0 Å². The number of fused-ring (bicyclic) bond motifs is 1. The summed E-state index contributed by atoms with van der Waals surface area (Å²) >= 11 is 6.07. The van der Waals surface area contributed by atoms with E-state index in [1.165, 1.54) is 32.0 Å². The Kier molecular flexibility index (Phi) is 3.07. The Hall–Kier alpha value is -1.36. The highest BCUT2D eigenvalue weighted by atomic mass is 35.5. The number of halogens is 1. The average Bonchev–Trinajstić information content (AvgIpc) is 3.08. The van der Waals surface area contributed by atoms with Crippen LogP contribution in [0.2, 0.25) is 5.15 Å². The third-order valence-electron chi connectivity index (χ3n) is 3.24. The van der Waals surface area contributed by atoms with Gasteiger partial charge in [-0.1, -0.05) is 24.9 Å². The quantitative estimate of drug-likeness (QED) is 0.780. The van der Waals surface area contributed by atoms with Gasteiger partial charge in [0, 0.05) is 18.7 Å². The number of anilines is 1. The van der Waals surface area contributed by atoms with E-state index in [-0.39, 0.29) is 0 Å². The highest BCUT2D eigenvalue weighted by molar-refractivity contribution is 6.29. The summed E-state index contributed by atoms with van der Waals surface area (Å²) in [7, 11) is 0. The van der Waals surface area contributed by atoms with Crippen LogP contribution in [0.25, 0.3) is 5.78 Å². The van der Waals surface area contributed by atoms with E-state index in [2.05, 4.69) is 26.9 Å². The van der Waals surface area contributed by atoms with Crippen LogP contribution >= 0.6 is 11.6 Å². The van der Waals surface area contributed by atoms with Crippen LogP contribution in [0.5, 0.6) is 0 Å². The van der Waals surface area contributed by atoms with Crippen molar-refractivity contribution in [2.45, 2.75) is 38.6 Å². The van der Waals surface area contributed by atoms with E-state index in [0.717, 1.165) is 12.4 Å². The minimum atomic E-state index is 0.479. The standard InChI is InChI=1S/C12H16ClN5/c1-2-3-6-17(9-4-5-9)11-7-10(13)16-12-14-8-15-18(11)12/h7-9H,2-6H2,1H3. The molecule has 2 aromatic heterocycles. The van der Waals surface area contributed by atoms with Gasteiger partial charge in [-0.15, -0.1) is 0 Å². The van der Waals surface area contributed by atoms with Gasteiger partial charge in [0.15, 0.2) is 0 Å². The van der Waals surface area contributed by atoms with Crippen LogP contribution in [0.4, 0.5) is 5.82 Å². The fraction of sp³-hybridized carbons (Fsp3) is 0.583. The van der Waals surface area contributed by atoms with Crippen molar-refractivity contribution in [2.24, 2.45) is 0 Å². The van der Waals surface area contributed by atoms with Gasteiger partial charge in [-0.25, -0.2) is 0 Å². The van der Waals surface area contributed by atoms with Crippen molar-refractivity contribution in [3.05, 3.63) is 17.5 Å². The number of hydrogen-bond donors (Lipinski definition) is 0. The third-order valence-corrected chi connectivity index (χ3v) is 3.43. The van der Waals surface area contributed by atoms with Crippen LogP contribution in [-0.2, 0) is 0 Å². The van der Waals surface area contributed by atoms with Crippen LogP contribution in [0.3, 0.4) is 0 Å². The Morgan fingerprint density at radius 1 is 1.50 bits per heavy atom. The first-order chi connectivity index (χ1) is 8.79. The molecule has 1 aliphatic rings. The predicted octanol–water partition coefficient (Wildman–Crippen LogP) is 2.55. The topological polar surface area (TPSA) is 46.3 Å². The normalized spacial score (nSPS) is 15.2. The summed E-state index contributed by atoms with van der Waals surface area (Å²) in [6, 6.07) is 2.51. The lowest BCUT2D eigenvalue weighted by molar-refractivity contribution is 0.691. The van der Waals surface area contributed by atoms with Crippen LogP contribution in [-0.4, -0.2) is 32.2 Å². The Morgan fingerprint density at radius 3 is 3.06 bits per heavy atom. The van der Waals surface area contributed by atoms with Gasteiger partial charge in [0.05, 0.1) is 0 Å². The first-order valence-corrected chi connectivity index (χ1v) is 6.80. The van der Waals surface area contributed by atoms with Crippen molar-refractivity contribution in [3.63, 3.8) is 0 Å². The monoisotopic (exact) mass is 265 g/mol. The molecule has 1 aliphatic carbocycles. The number of nitrogens with zero attached hydrogens (tertiary/aromatic N) is 5. The van der Waals surface area contributed by atoms with Crippen LogP contribution < -0.4 is 4.90 Å². The molecule has 0 atom stereocenters. The lowest BCUT2D eigenvalue weighted by Gasteiger charge is -2.24. The number of unbranched alkanes of at least 4 members (excludes halogenated alkanes) is 1. The van der Waals surface area contributed by atoms with E-state index < -0.39 is 0 Å². The lowest BCUT2D eigenvalue weighted by atomic mass is 10.3. The molecule has 1 fully saturated rings. The Morgan fingerprint density at radius 2 is 2.33 bits per heavy atom. The largest absolute Gasteiger partial charge is 0.353 e. The third kappa shape index (κ3) is 2.14. The first kappa shape index (κ1) is 11.7. The van der Waals surface area contributed by atoms with Crippen LogP contribution in [0.15, 0.2) is 12.4 Å². The summed E-state index contributed by atoms with van der Waals surface area (Å²) in [5.41, 5.74) is 0. The number of aromatic nitrogens is 4. The highest BCUT2D eigenvalue weighted by Gasteiger charge is 2.30. The van der Waals surface area contributed by atoms with Crippen molar-refractivity contribution in [1.82, 2.24) is 19.6 Å². The molecule has 0 unspecified atom stereocenters. The maximum atomic E-state index is 6.07. The average molecular weight is 266 g/mol. The molecule has 0 bridgehead atoms. The smallest absolute Gasteiger partial charge is 0.255 e. The zero-order valence-electron chi connectivity index (χ0n) is 10.4. The molecule has 3 rings (SSSR count). The Bertz CT molecular complexity index is 548. The molecular weight excluding hydrogens is 250 g/mol. The second-order valence-corrected chi connectivity index (χ2v) is 5.07. The maximum absolute atomic E-state index is 6.07. The SMILES string of the molecule is CCCCN(c1cc(Cl)nc2ncnn12)C1CC1. The fourth-order valence-corrected chi connectivity index (χ4v) is 2.35. The minimum absolute atomic E-state index is 0.479. The number of rotatable bonds is 5. The molecule has 0 aromatic carbocycles. The van der Waals surface area contributed by atoms with Crippen molar-refractivity contribution in [2.75, 3.05) is 11.4 Å². The summed E-state index contributed by atoms with van der Waals surface area (Å²) in [6.07, 6.45) is 6.38. The summed E-state index contributed by atoms with van der Waals surface area (Å²) in [6.45, 7) is 3.24. The molecule has 0 radical (unpaired) electrons. The summed E-state index contributed by atoms with van der Waals surface area (Å²) in [5, 5.41) is 4.72. The van der Waals surface area contributed by atoms with Crippen molar-refractivity contribution in [1.29, 1.82) is 0 Å². The Labute approximate surface area is 111 Å². The predicted molar refractivity (Wildman–Crippen MR) is 71.1 cm³/mol. The summed E-state index contributed by atoms with van der Waals surface area (Å²) < 4.78 is 1.78. The van der Waals surface area contributed by atoms with Crippen LogP contribution in [0, 0.1) is 0 Å². The zero-order chi connectivity index (χ0) is 12.5. The van der Waals surface area contributed by atoms with Gasteiger partial charge in [-0.05, 0) is 19.3 Å². The molecule has 18 heavy (non-hydrogen) atoms. The molecule has 5 nitrogen and oxygen atoms in total. The molecule has 96 valence electrons. The van der Waals surface area contributed by atoms with Gasteiger partial charge in [0.1, 0.15) is 17.3 Å². The van der Waals surface area contributed by atoms with Gasteiger partial charge in [0.2, 0.25) is 0 Å². The van der Waals surface area contributed by atoms with Gasteiger partial charge in [0.25, 0.3) is 5.78 Å². The van der Waals surface area contributed by atoms with E-state index in [4.69, 9.17) is 11.6 Å². The molecular formula is C12H16ClN5. The molecule has 6 heteroatoms. The van der Waals surface area contributed by atoms with E-state index in [1.54, 1.807) is 4.52 Å². The van der Waals surface area contributed by atoms with Crippen molar-refractivity contribution in [3.8, 4) is 0 Å². The fourth-order valence-electron chi connectivity index (χ4n) is 2.17. The van der Waals surface area contributed by atoms with E-state index in [1.807, 2.05) is 6.07 Å². The van der Waals surface area contributed by atoms with Gasteiger partial charge in [-0.2, -0.15) is 19.6 Å². The van der Waals surface area contributed by atoms with Gasteiger partial charge >= 0.3 is 0 Å². The second-order valence-electron chi connectivity index (χ2n) is 4.69. The summed E-state index contributed by atoms with van der Waals surface area (Å²) in [5.74, 6) is 1.58. The Balaban J connectivity index is 2.01. The second kappa shape index (κ2) is 4.72. The number of hydrogen-bond acceptors (Lipinski definition) is 4. The molecule has 0 aliphatic heterocycles. The van der Waals surface area contributed by atoms with E-state index in [9.17, 15) is 0 Å². The molecule has 0 N–H and O–H groups in total. The van der Waals surface area contributed by atoms with Gasteiger partial charge in [-0.3, -0.25) is 0 Å². The molecule has 2 heterocycles. The van der Waals surface area contributed by atoms with E-state index in [0.29, 0.717) is 17.0 Å². The van der Waals surface area contributed by atoms with Crippen LogP contribution in [0.1, 0.15) is 32.6 Å². The minimum Gasteiger partial charge on any atom is -0.353 e. The zero-order valence-corrected chi connectivity index (χ0v) is 11.1. The molecule has 0 spiro atoms. The van der Waals surface area contributed by atoms with Crippen molar-refractivity contribution >= 4 is 23.2 Å². The molecule has 2 aromatic rings. The summed E-state index contributed by atoms with van der Waals surface area (Å²) in [4.78, 5) is 10.7. The maximum Gasteiger partial charge on any atom is 0.255 e. The molecule has 0 saturated heterocycles. The van der Waals surface area contributed by atoms with Gasteiger partial charge < -0.3 is 4.90 Å². The highest BCUT2D eigenvalue weighted by Crippen LogP contribution is 2.32. The molecule has 1 saturated carbocycles. The molecule has 0 amide bonds.